The molecule has 9 heteroatoms. The average molecular weight is 420 g/mol. The normalized spacial score (nSPS) is 11.5. The summed E-state index contributed by atoms with van der Waals surface area (Å²) in [7, 11) is 1.96. The van der Waals surface area contributed by atoms with Crippen LogP contribution < -0.4 is 14.2 Å². The number of nitrogens with zero attached hydrogens (tertiary/aromatic N) is 1. The van der Waals surface area contributed by atoms with Crippen LogP contribution in [0.5, 0.6) is 17.2 Å². The SMILES string of the molecule is COc1ccc(S(=O)(=O)N(C)Cc2c(OC)cccc2OC)c(Cl)c1Cl. The zero-order chi connectivity index (χ0) is 19.5. The molecule has 0 amide bonds. The van der Waals surface area contributed by atoms with E-state index >= 15 is 0 Å². The molecule has 0 saturated carbocycles. The van der Waals surface area contributed by atoms with Crippen molar-refractivity contribution in [2.45, 2.75) is 11.4 Å². The summed E-state index contributed by atoms with van der Waals surface area (Å²) in [6, 6.07) is 8.04. The van der Waals surface area contributed by atoms with Gasteiger partial charge in [-0.1, -0.05) is 29.3 Å². The van der Waals surface area contributed by atoms with E-state index in [0.717, 1.165) is 4.31 Å². The molecule has 0 aliphatic carbocycles. The Labute approximate surface area is 163 Å². The number of ether oxygens (including phenoxy) is 3. The van der Waals surface area contributed by atoms with Gasteiger partial charge in [0.25, 0.3) is 0 Å². The second-order valence-corrected chi connectivity index (χ2v) is 8.07. The smallest absolute Gasteiger partial charge is 0.244 e. The highest BCUT2D eigenvalue weighted by molar-refractivity contribution is 7.89. The van der Waals surface area contributed by atoms with E-state index < -0.39 is 10.0 Å². The van der Waals surface area contributed by atoms with Crippen LogP contribution in [0.15, 0.2) is 35.2 Å². The first kappa shape index (κ1) is 20.6. The summed E-state index contributed by atoms with van der Waals surface area (Å²) in [4.78, 5) is -0.110. The van der Waals surface area contributed by atoms with Crippen LogP contribution in [0.1, 0.15) is 5.56 Å². The highest BCUT2D eigenvalue weighted by Gasteiger charge is 2.27. The molecule has 2 aromatic rings. The monoisotopic (exact) mass is 419 g/mol. The van der Waals surface area contributed by atoms with E-state index in [9.17, 15) is 8.42 Å². The van der Waals surface area contributed by atoms with Gasteiger partial charge in [0.1, 0.15) is 27.2 Å². The third-order valence-electron chi connectivity index (χ3n) is 3.83. The van der Waals surface area contributed by atoms with Crippen molar-refractivity contribution in [3.8, 4) is 17.2 Å². The van der Waals surface area contributed by atoms with E-state index in [1.54, 1.807) is 18.2 Å². The summed E-state index contributed by atoms with van der Waals surface area (Å²) in [5, 5.41) is -0.0524. The molecule has 0 fully saturated rings. The fourth-order valence-corrected chi connectivity index (χ4v) is 4.38. The second kappa shape index (κ2) is 8.35. The molecule has 0 aliphatic heterocycles. The van der Waals surface area contributed by atoms with Gasteiger partial charge in [0.15, 0.2) is 0 Å². The van der Waals surface area contributed by atoms with Gasteiger partial charge in [-0.25, -0.2) is 8.42 Å². The molecule has 0 heterocycles. The summed E-state index contributed by atoms with van der Waals surface area (Å²) in [5.41, 5.74) is 0.597. The molecule has 2 aromatic carbocycles. The van der Waals surface area contributed by atoms with Crippen molar-refractivity contribution >= 4 is 33.2 Å². The van der Waals surface area contributed by atoms with Crippen molar-refractivity contribution in [3.63, 3.8) is 0 Å². The molecular formula is C17H19Cl2NO5S. The van der Waals surface area contributed by atoms with Gasteiger partial charge in [-0.3, -0.25) is 0 Å². The van der Waals surface area contributed by atoms with Crippen molar-refractivity contribution in [1.29, 1.82) is 0 Å². The summed E-state index contributed by atoms with van der Waals surface area (Å²) in [5.74, 6) is 1.33. The minimum atomic E-state index is -3.92. The lowest BCUT2D eigenvalue weighted by Gasteiger charge is -2.21. The van der Waals surface area contributed by atoms with Crippen LogP contribution in [0.4, 0.5) is 0 Å². The van der Waals surface area contributed by atoms with Crippen LogP contribution in [-0.2, 0) is 16.6 Å². The van der Waals surface area contributed by atoms with Gasteiger partial charge in [-0.15, -0.1) is 0 Å². The molecule has 6 nitrogen and oxygen atoms in total. The molecule has 2 rings (SSSR count). The van der Waals surface area contributed by atoms with Crippen molar-refractivity contribution < 1.29 is 22.6 Å². The predicted octanol–water partition coefficient (Wildman–Crippen LogP) is 3.84. The number of methoxy groups -OCH3 is 3. The summed E-state index contributed by atoms with van der Waals surface area (Å²) in [6.07, 6.45) is 0. The lowest BCUT2D eigenvalue weighted by molar-refractivity contribution is 0.371. The van der Waals surface area contributed by atoms with Gasteiger partial charge in [-0.05, 0) is 24.3 Å². The van der Waals surface area contributed by atoms with E-state index in [1.165, 1.54) is 40.5 Å². The number of rotatable bonds is 7. The van der Waals surface area contributed by atoms with Gasteiger partial charge < -0.3 is 14.2 Å². The Hall–Kier alpha value is -1.67. The number of halogens is 2. The van der Waals surface area contributed by atoms with Crippen molar-refractivity contribution in [2.24, 2.45) is 0 Å². The van der Waals surface area contributed by atoms with Gasteiger partial charge in [-0.2, -0.15) is 4.31 Å². The van der Waals surface area contributed by atoms with E-state index in [4.69, 9.17) is 37.4 Å². The van der Waals surface area contributed by atoms with Crippen LogP contribution in [0, 0.1) is 0 Å². The Morgan fingerprint density at radius 2 is 1.42 bits per heavy atom. The van der Waals surface area contributed by atoms with E-state index in [2.05, 4.69) is 0 Å². The summed E-state index contributed by atoms with van der Waals surface area (Å²) >= 11 is 12.2. The standard InChI is InChI=1S/C17H19Cl2NO5S/c1-20(10-11-12(23-2)6-5-7-13(11)24-3)26(21,22)15-9-8-14(25-4)16(18)17(15)19/h5-9H,10H2,1-4H3. The molecule has 0 N–H and O–H groups in total. The third-order valence-corrected chi connectivity index (χ3v) is 6.65. The fourth-order valence-electron chi connectivity index (χ4n) is 2.43. The summed E-state index contributed by atoms with van der Waals surface area (Å²) < 4.78 is 42.8. The maximum Gasteiger partial charge on any atom is 0.244 e. The number of hydrogen-bond acceptors (Lipinski definition) is 5. The molecule has 0 bridgehead atoms. The number of benzene rings is 2. The third kappa shape index (κ3) is 3.86. The number of sulfonamides is 1. The Kier molecular flexibility index (Phi) is 6.63. The predicted molar refractivity (Wildman–Crippen MR) is 101 cm³/mol. The largest absolute Gasteiger partial charge is 0.496 e. The average Bonchev–Trinajstić information content (AvgIpc) is 2.63. The first-order valence-corrected chi connectivity index (χ1v) is 9.65. The topological polar surface area (TPSA) is 65.1 Å². The second-order valence-electron chi connectivity index (χ2n) is 5.30. The Morgan fingerprint density at radius 3 is 1.92 bits per heavy atom. The lowest BCUT2D eigenvalue weighted by Crippen LogP contribution is -2.27. The van der Waals surface area contributed by atoms with Gasteiger partial charge in [0, 0.05) is 13.6 Å². The highest BCUT2D eigenvalue weighted by atomic mass is 35.5. The van der Waals surface area contributed by atoms with E-state index in [0.29, 0.717) is 22.8 Å². The maximum absolute atomic E-state index is 13.0. The molecule has 0 spiro atoms. The van der Waals surface area contributed by atoms with E-state index in [1.807, 2.05) is 0 Å². The highest BCUT2D eigenvalue weighted by Crippen LogP contribution is 2.38. The minimum Gasteiger partial charge on any atom is -0.496 e. The zero-order valence-corrected chi connectivity index (χ0v) is 17.1. The molecule has 0 unspecified atom stereocenters. The Morgan fingerprint density at radius 1 is 0.885 bits per heavy atom. The van der Waals surface area contributed by atoms with Crippen LogP contribution >= 0.6 is 23.2 Å². The fraction of sp³-hybridized carbons (Fsp3) is 0.294. The molecule has 0 aromatic heterocycles. The zero-order valence-electron chi connectivity index (χ0n) is 14.7. The molecule has 0 atom stereocenters. The summed E-state index contributed by atoms with van der Waals surface area (Å²) in [6.45, 7) is 0.0233. The molecule has 0 saturated heterocycles. The molecule has 0 radical (unpaired) electrons. The molecular weight excluding hydrogens is 401 g/mol. The molecule has 26 heavy (non-hydrogen) atoms. The lowest BCUT2D eigenvalue weighted by atomic mass is 10.1. The molecule has 142 valence electrons. The maximum atomic E-state index is 13.0. The minimum absolute atomic E-state index is 0.0233. The number of hydrogen-bond donors (Lipinski definition) is 0. The van der Waals surface area contributed by atoms with Crippen molar-refractivity contribution in [1.82, 2.24) is 4.31 Å². The van der Waals surface area contributed by atoms with Gasteiger partial charge >= 0.3 is 0 Å². The van der Waals surface area contributed by atoms with Crippen LogP contribution in [0.3, 0.4) is 0 Å². The Balaban J connectivity index is 2.45. The first-order valence-electron chi connectivity index (χ1n) is 7.46. The first-order chi connectivity index (χ1) is 12.3. The van der Waals surface area contributed by atoms with Crippen LogP contribution in [-0.4, -0.2) is 41.1 Å². The Bertz CT molecular complexity index is 880. The van der Waals surface area contributed by atoms with Crippen LogP contribution in [0.2, 0.25) is 10.0 Å². The molecule has 0 aliphatic rings. The van der Waals surface area contributed by atoms with Gasteiger partial charge in [0.05, 0.1) is 31.9 Å². The van der Waals surface area contributed by atoms with Crippen molar-refractivity contribution in [3.05, 3.63) is 45.9 Å². The van der Waals surface area contributed by atoms with E-state index in [-0.39, 0.29) is 21.5 Å². The van der Waals surface area contributed by atoms with Gasteiger partial charge in [0.2, 0.25) is 10.0 Å². The van der Waals surface area contributed by atoms with Crippen LogP contribution in [0.25, 0.3) is 0 Å². The van der Waals surface area contributed by atoms with Crippen molar-refractivity contribution in [2.75, 3.05) is 28.4 Å². The quantitative estimate of drug-likeness (QED) is 0.681.